The third kappa shape index (κ3) is 3.12. The van der Waals surface area contributed by atoms with Crippen molar-refractivity contribution < 1.29 is 0 Å². The molecular weight excluding hydrogens is 192 g/mol. The molecule has 0 unspecified atom stereocenters. The van der Waals surface area contributed by atoms with Gasteiger partial charge in [0, 0.05) is 26.2 Å². The normalized spacial score (nSPS) is 16.9. The molecule has 1 heterocycles. The molecule has 1 saturated heterocycles. The Morgan fingerprint density at radius 2 is 1.43 bits per heavy atom. The van der Waals surface area contributed by atoms with Gasteiger partial charge in [0.05, 0.1) is 0 Å². The molecule has 0 saturated carbocycles. The zero-order valence-corrected chi connectivity index (χ0v) is 10.3. The minimum atomic E-state index is 1.09. The average molecular weight is 214 g/mol. The molecule has 0 aliphatic carbocycles. The Morgan fingerprint density at radius 1 is 1.00 bits per heavy atom. The molecule has 1 aliphatic heterocycles. The van der Waals surface area contributed by atoms with Crippen molar-refractivity contribution >= 4 is 17.3 Å². The fourth-order valence-electron chi connectivity index (χ4n) is 1.75. The van der Waals surface area contributed by atoms with Crippen molar-refractivity contribution in [2.24, 2.45) is 0 Å². The van der Waals surface area contributed by atoms with Gasteiger partial charge < -0.3 is 9.80 Å². The topological polar surface area (TPSA) is 6.48 Å². The summed E-state index contributed by atoms with van der Waals surface area (Å²) in [5, 5.41) is 1.09. The van der Waals surface area contributed by atoms with Gasteiger partial charge in [-0.3, -0.25) is 0 Å². The van der Waals surface area contributed by atoms with Crippen molar-refractivity contribution in [3.63, 3.8) is 0 Å². The lowest BCUT2D eigenvalue weighted by Gasteiger charge is -2.21. The Bertz CT molecular complexity index is 164. The monoisotopic (exact) mass is 214 g/mol. The van der Waals surface area contributed by atoms with Crippen LogP contribution in [0.3, 0.4) is 0 Å². The number of rotatable bonds is 6. The summed E-state index contributed by atoms with van der Waals surface area (Å²) in [5.41, 5.74) is 0. The number of unbranched alkanes of at least 4 members (excludes halogenated alkanes) is 2. The van der Waals surface area contributed by atoms with Gasteiger partial charge in [-0.2, -0.15) is 0 Å². The zero-order chi connectivity index (χ0) is 10.4. The minimum absolute atomic E-state index is 1.09. The average Bonchev–Trinajstić information content (AvgIpc) is 2.54. The summed E-state index contributed by atoms with van der Waals surface area (Å²) in [7, 11) is 0. The van der Waals surface area contributed by atoms with Crippen LogP contribution in [-0.2, 0) is 0 Å². The summed E-state index contributed by atoms with van der Waals surface area (Å²) in [4.78, 5) is 4.71. The second-order valence-electron chi connectivity index (χ2n) is 3.96. The van der Waals surface area contributed by atoms with E-state index in [0.717, 1.165) is 31.3 Å². The zero-order valence-electron chi connectivity index (χ0n) is 9.46. The maximum absolute atomic E-state index is 5.44. The van der Waals surface area contributed by atoms with E-state index in [1.165, 1.54) is 25.7 Å². The first-order valence-corrected chi connectivity index (χ1v) is 6.24. The highest BCUT2D eigenvalue weighted by atomic mass is 32.1. The number of nitrogens with zero attached hydrogens (tertiary/aromatic N) is 2. The maximum atomic E-state index is 5.44. The Labute approximate surface area is 93.3 Å². The quantitative estimate of drug-likeness (QED) is 0.627. The van der Waals surface area contributed by atoms with Crippen LogP contribution in [0.4, 0.5) is 0 Å². The van der Waals surface area contributed by atoms with Gasteiger partial charge in [-0.1, -0.05) is 26.7 Å². The molecule has 0 aromatic rings. The summed E-state index contributed by atoms with van der Waals surface area (Å²) in [6, 6.07) is 0. The molecule has 1 aliphatic rings. The predicted molar refractivity (Wildman–Crippen MR) is 65.6 cm³/mol. The van der Waals surface area contributed by atoms with Crippen molar-refractivity contribution in [1.29, 1.82) is 0 Å². The largest absolute Gasteiger partial charge is 0.347 e. The fraction of sp³-hybridized carbons (Fsp3) is 0.909. The van der Waals surface area contributed by atoms with E-state index < -0.39 is 0 Å². The van der Waals surface area contributed by atoms with Crippen molar-refractivity contribution in [2.75, 3.05) is 26.2 Å². The first kappa shape index (κ1) is 11.8. The molecule has 0 atom stereocenters. The lowest BCUT2D eigenvalue weighted by Crippen LogP contribution is -2.32. The van der Waals surface area contributed by atoms with Crippen molar-refractivity contribution in [3.05, 3.63) is 0 Å². The lowest BCUT2D eigenvalue weighted by atomic mass is 10.3. The maximum Gasteiger partial charge on any atom is 0.171 e. The SMILES string of the molecule is CCCCN1CCN(CCCC)C1=S. The molecule has 0 bridgehead atoms. The van der Waals surface area contributed by atoms with E-state index in [2.05, 4.69) is 23.6 Å². The molecule has 0 aromatic heterocycles. The second kappa shape index (κ2) is 6.23. The van der Waals surface area contributed by atoms with Crippen LogP contribution in [0.1, 0.15) is 39.5 Å². The van der Waals surface area contributed by atoms with E-state index >= 15 is 0 Å². The molecule has 0 radical (unpaired) electrons. The van der Waals surface area contributed by atoms with E-state index in [1.807, 2.05) is 0 Å². The highest BCUT2D eigenvalue weighted by molar-refractivity contribution is 7.80. The second-order valence-corrected chi connectivity index (χ2v) is 4.33. The van der Waals surface area contributed by atoms with Gasteiger partial charge in [0.2, 0.25) is 0 Å². The van der Waals surface area contributed by atoms with Gasteiger partial charge >= 0.3 is 0 Å². The Morgan fingerprint density at radius 3 is 1.79 bits per heavy atom. The van der Waals surface area contributed by atoms with Gasteiger partial charge in [0.25, 0.3) is 0 Å². The number of thiocarbonyl (C=S) groups is 1. The van der Waals surface area contributed by atoms with Crippen molar-refractivity contribution in [2.45, 2.75) is 39.5 Å². The molecule has 14 heavy (non-hydrogen) atoms. The Balaban J connectivity index is 2.28. The van der Waals surface area contributed by atoms with E-state index in [9.17, 15) is 0 Å². The molecule has 0 aromatic carbocycles. The molecule has 82 valence electrons. The highest BCUT2D eigenvalue weighted by Gasteiger charge is 2.22. The van der Waals surface area contributed by atoms with Crippen LogP contribution in [0.2, 0.25) is 0 Å². The first-order chi connectivity index (χ1) is 6.79. The summed E-state index contributed by atoms with van der Waals surface area (Å²) in [6.07, 6.45) is 5.05. The van der Waals surface area contributed by atoms with E-state index in [0.29, 0.717) is 0 Å². The van der Waals surface area contributed by atoms with Crippen LogP contribution in [0.25, 0.3) is 0 Å². The van der Waals surface area contributed by atoms with Crippen LogP contribution in [0.15, 0.2) is 0 Å². The van der Waals surface area contributed by atoms with Crippen LogP contribution >= 0.6 is 12.2 Å². The van der Waals surface area contributed by atoms with Gasteiger partial charge in [-0.25, -0.2) is 0 Å². The molecule has 0 N–H and O–H groups in total. The fourth-order valence-corrected chi connectivity index (χ4v) is 2.11. The summed E-state index contributed by atoms with van der Waals surface area (Å²) in [6.45, 7) is 9.04. The smallest absolute Gasteiger partial charge is 0.171 e. The number of hydrogen-bond acceptors (Lipinski definition) is 1. The van der Waals surface area contributed by atoms with Crippen molar-refractivity contribution in [1.82, 2.24) is 9.80 Å². The molecule has 0 spiro atoms. The molecular formula is C11H22N2S. The van der Waals surface area contributed by atoms with Crippen LogP contribution < -0.4 is 0 Å². The number of hydrogen-bond donors (Lipinski definition) is 0. The third-order valence-corrected chi connectivity index (χ3v) is 3.26. The molecule has 1 fully saturated rings. The van der Waals surface area contributed by atoms with Crippen molar-refractivity contribution in [3.8, 4) is 0 Å². The standard InChI is InChI=1S/C11H22N2S/c1-3-5-7-12-9-10-13(11(12)14)8-6-4-2/h3-10H2,1-2H3. The lowest BCUT2D eigenvalue weighted by molar-refractivity contribution is 0.449. The predicted octanol–water partition coefficient (Wildman–Crippen LogP) is 2.49. The minimum Gasteiger partial charge on any atom is -0.347 e. The van der Waals surface area contributed by atoms with Crippen LogP contribution in [-0.4, -0.2) is 41.1 Å². The van der Waals surface area contributed by atoms with E-state index in [-0.39, 0.29) is 0 Å². The molecule has 0 amide bonds. The van der Waals surface area contributed by atoms with Crippen LogP contribution in [0.5, 0.6) is 0 Å². The Hall–Kier alpha value is -0.310. The molecule has 2 nitrogen and oxygen atoms in total. The molecule has 3 heteroatoms. The first-order valence-electron chi connectivity index (χ1n) is 5.83. The van der Waals surface area contributed by atoms with Gasteiger partial charge in [0.15, 0.2) is 5.11 Å². The van der Waals surface area contributed by atoms with Gasteiger partial charge in [-0.05, 0) is 25.1 Å². The Kier molecular flexibility index (Phi) is 5.23. The van der Waals surface area contributed by atoms with E-state index in [1.54, 1.807) is 0 Å². The summed E-state index contributed by atoms with van der Waals surface area (Å²) >= 11 is 5.44. The highest BCUT2D eigenvalue weighted by Crippen LogP contribution is 2.11. The summed E-state index contributed by atoms with van der Waals surface area (Å²) < 4.78 is 0. The van der Waals surface area contributed by atoms with Gasteiger partial charge in [-0.15, -0.1) is 0 Å². The van der Waals surface area contributed by atoms with Gasteiger partial charge in [0.1, 0.15) is 0 Å². The van der Waals surface area contributed by atoms with E-state index in [4.69, 9.17) is 12.2 Å². The summed E-state index contributed by atoms with van der Waals surface area (Å²) in [5.74, 6) is 0. The van der Waals surface area contributed by atoms with Crippen LogP contribution in [0, 0.1) is 0 Å². The third-order valence-electron chi connectivity index (χ3n) is 2.74. The molecule has 1 rings (SSSR count).